The third-order valence-corrected chi connectivity index (χ3v) is 6.17. The van der Waals surface area contributed by atoms with E-state index in [1.54, 1.807) is 18.5 Å². The van der Waals surface area contributed by atoms with Crippen LogP contribution in [-0.4, -0.2) is 24.0 Å². The molecule has 6 heteroatoms. The number of hydrogen-bond acceptors (Lipinski definition) is 3. The van der Waals surface area contributed by atoms with Crippen molar-refractivity contribution in [2.75, 3.05) is 0 Å². The Kier molecular flexibility index (Phi) is 5.25. The fourth-order valence-corrected chi connectivity index (χ4v) is 5.03. The second-order valence-electron chi connectivity index (χ2n) is 7.22. The van der Waals surface area contributed by atoms with Crippen LogP contribution < -0.4 is 4.72 Å². The van der Waals surface area contributed by atoms with Gasteiger partial charge < -0.3 is 4.57 Å². The van der Waals surface area contributed by atoms with Crippen LogP contribution in [0.15, 0.2) is 29.4 Å². The first-order chi connectivity index (χ1) is 11.5. The summed E-state index contributed by atoms with van der Waals surface area (Å²) < 4.78 is 30.8. The van der Waals surface area contributed by atoms with Gasteiger partial charge in [-0.2, -0.15) is 0 Å². The lowest BCUT2D eigenvalue weighted by molar-refractivity contribution is 0.508. The fourth-order valence-electron chi connectivity index (χ4n) is 3.52. The molecule has 0 saturated heterocycles. The third-order valence-electron chi connectivity index (χ3n) is 4.63. The Morgan fingerprint density at radius 1 is 1.25 bits per heavy atom. The zero-order valence-electron chi connectivity index (χ0n) is 14.5. The summed E-state index contributed by atoms with van der Waals surface area (Å²) >= 11 is 0. The van der Waals surface area contributed by atoms with Crippen LogP contribution in [-0.2, 0) is 16.6 Å². The maximum Gasteiger partial charge on any atom is 0.243 e. The van der Waals surface area contributed by atoms with Crippen molar-refractivity contribution in [1.29, 1.82) is 0 Å². The van der Waals surface area contributed by atoms with Gasteiger partial charge >= 0.3 is 0 Å². The number of nitrogens with zero attached hydrogens (tertiary/aromatic N) is 2. The van der Waals surface area contributed by atoms with Crippen LogP contribution in [0.1, 0.15) is 52.4 Å². The summed E-state index contributed by atoms with van der Waals surface area (Å²) in [6.07, 6.45) is 9.94. The highest BCUT2D eigenvalue weighted by atomic mass is 32.2. The fraction of sp³-hybridized carbons (Fsp3) is 0.611. The van der Waals surface area contributed by atoms with Crippen LogP contribution in [0.4, 0.5) is 0 Å². The van der Waals surface area contributed by atoms with Crippen LogP contribution in [0.2, 0.25) is 0 Å². The molecule has 132 valence electrons. The second kappa shape index (κ2) is 7.23. The minimum Gasteiger partial charge on any atom is -0.331 e. The molecule has 0 unspecified atom stereocenters. The molecule has 0 bridgehead atoms. The van der Waals surface area contributed by atoms with Crippen molar-refractivity contribution in [3.8, 4) is 0 Å². The van der Waals surface area contributed by atoms with Crippen LogP contribution in [0.25, 0.3) is 11.0 Å². The van der Waals surface area contributed by atoms with Crippen molar-refractivity contribution in [1.82, 2.24) is 14.3 Å². The molecule has 24 heavy (non-hydrogen) atoms. The van der Waals surface area contributed by atoms with Gasteiger partial charge in [-0.05, 0) is 30.9 Å². The van der Waals surface area contributed by atoms with E-state index in [1.807, 2.05) is 10.6 Å². The Bertz CT molecular complexity index is 788. The van der Waals surface area contributed by atoms with Gasteiger partial charge in [-0.3, -0.25) is 0 Å². The zero-order chi connectivity index (χ0) is 17.2. The molecule has 0 amide bonds. The monoisotopic (exact) mass is 349 g/mol. The van der Waals surface area contributed by atoms with E-state index in [1.165, 1.54) is 12.8 Å². The summed E-state index contributed by atoms with van der Waals surface area (Å²) in [5, 5.41) is 0.708. The first-order valence-corrected chi connectivity index (χ1v) is 10.4. The van der Waals surface area contributed by atoms with Gasteiger partial charge in [0, 0.05) is 30.4 Å². The maximum absolute atomic E-state index is 13.0. The summed E-state index contributed by atoms with van der Waals surface area (Å²) in [5.74, 6) is 0.424. The smallest absolute Gasteiger partial charge is 0.243 e. The summed E-state index contributed by atoms with van der Waals surface area (Å²) in [4.78, 5) is 4.76. The summed E-state index contributed by atoms with van der Waals surface area (Å²) in [5.41, 5.74) is 0.743. The van der Waals surface area contributed by atoms with Gasteiger partial charge in [-0.25, -0.2) is 18.1 Å². The van der Waals surface area contributed by atoms with Crippen molar-refractivity contribution in [3.05, 3.63) is 24.5 Å². The van der Waals surface area contributed by atoms with E-state index >= 15 is 0 Å². The molecule has 1 aliphatic rings. The summed E-state index contributed by atoms with van der Waals surface area (Å²) in [7, 11) is -3.53. The SMILES string of the molecule is CC(C)Cn1cc(S(=O)(=O)NC2CCCCCC2)c2cccnc21. The molecule has 0 aliphatic heterocycles. The van der Waals surface area contributed by atoms with Crippen molar-refractivity contribution in [2.24, 2.45) is 5.92 Å². The Balaban J connectivity index is 1.95. The van der Waals surface area contributed by atoms with Crippen LogP contribution >= 0.6 is 0 Å². The minimum absolute atomic E-state index is 0.0534. The average Bonchev–Trinajstić information content (AvgIpc) is 2.71. The highest BCUT2D eigenvalue weighted by Crippen LogP contribution is 2.26. The van der Waals surface area contributed by atoms with E-state index in [2.05, 4.69) is 23.6 Å². The first kappa shape index (κ1) is 17.4. The molecule has 2 aromatic heterocycles. The van der Waals surface area contributed by atoms with Crippen molar-refractivity contribution in [2.45, 2.75) is 69.9 Å². The molecule has 1 saturated carbocycles. The van der Waals surface area contributed by atoms with E-state index in [-0.39, 0.29) is 6.04 Å². The molecule has 0 aromatic carbocycles. The maximum atomic E-state index is 13.0. The second-order valence-corrected chi connectivity index (χ2v) is 8.91. The van der Waals surface area contributed by atoms with Gasteiger partial charge in [-0.15, -0.1) is 0 Å². The Morgan fingerprint density at radius 3 is 2.62 bits per heavy atom. The van der Waals surface area contributed by atoms with E-state index in [0.29, 0.717) is 16.2 Å². The number of rotatable bonds is 5. The molecule has 3 rings (SSSR count). The lowest BCUT2D eigenvalue weighted by atomic mass is 10.1. The molecule has 1 aliphatic carbocycles. The molecule has 0 radical (unpaired) electrons. The Labute approximate surface area is 144 Å². The number of nitrogens with one attached hydrogen (secondary N) is 1. The van der Waals surface area contributed by atoms with Gasteiger partial charge in [-0.1, -0.05) is 39.5 Å². The predicted molar refractivity (Wildman–Crippen MR) is 96.4 cm³/mol. The van der Waals surface area contributed by atoms with E-state index < -0.39 is 10.0 Å². The van der Waals surface area contributed by atoms with Gasteiger partial charge in [0.2, 0.25) is 10.0 Å². The lowest BCUT2D eigenvalue weighted by Gasteiger charge is -2.16. The average molecular weight is 350 g/mol. The van der Waals surface area contributed by atoms with Crippen molar-refractivity contribution < 1.29 is 8.42 Å². The third kappa shape index (κ3) is 3.81. The largest absolute Gasteiger partial charge is 0.331 e. The molecular formula is C18H27N3O2S. The highest BCUT2D eigenvalue weighted by molar-refractivity contribution is 7.89. The standard InChI is InChI=1S/C18H27N3O2S/c1-14(2)12-21-13-17(16-10-7-11-19-18(16)21)24(22,23)20-15-8-5-3-4-6-9-15/h7,10-11,13-15,20H,3-6,8-9,12H2,1-2H3. The van der Waals surface area contributed by atoms with Gasteiger partial charge in [0.15, 0.2) is 0 Å². The van der Waals surface area contributed by atoms with E-state index in [0.717, 1.165) is 37.9 Å². The normalized spacial score (nSPS) is 17.5. The molecule has 0 atom stereocenters. The number of aromatic nitrogens is 2. The van der Waals surface area contributed by atoms with E-state index in [4.69, 9.17) is 0 Å². The summed E-state index contributed by atoms with van der Waals surface area (Å²) in [6.45, 7) is 4.99. The molecule has 1 N–H and O–H groups in total. The lowest BCUT2D eigenvalue weighted by Crippen LogP contribution is -2.34. The van der Waals surface area contributed by atoms with Gasteiger partial charge in [0.05, 0.1) is 0 Å². The van der Waals surface area contributed by atoms with Crippen molar-refractivity contribution >= 4 is 21.1 Å². The van der Waals surface area contributed by atoms with Crippen LogP contribution in [0, 0.1) is 5.92 Å². The number of pyridine rings is 1. The quantitative estimate of drug-likeness (QED) is 0.837. The van der Waals surface area contributed by atoms with E-state index in [9.17, 15) is 8.42 Å². The Morgan fingerprint density at radius 2 is 1.96 bits per heavy atom. The number of hydrogen-bond donors (Lipinski definition) is 1. The molecule has 2 aromatic rings. The summed E-state index contributed by atoms with van der Waals surface area (Å²) in [6, 6.07) is 3.70. The van der Waals surface area contributed by atoms with Crippen molar-refractivity contribution in [3.63, 3.8) is 0 Å². The van der Waals surface area contributed by atoms with Crippen LogP contribution in [0.5, 0.6) is 0 Å². The topological polar surface area (TPSA) is 64.0 Å². The molecule has 5 nitrogen and oxygen atoms in total. The Hall–Kier alpha value is -1.40. The first-order valence-electron chi connectivity index (χ1n) is 8.93. The van der Waals surface area contributed by atoms with Gasteiger partial charge in [0.25, 0.3) is 0 Å². The predicted octanol–water partition coefficient (Wildman–Crippen LogP) is 3.69. The molecule has 1 fully saturated rings. The molecule has 2 heterocycles. The zero-order valence-corrected chi connectivity index (χ0v) is 15.3. The number of fused-ring (bicyclic) bond motifs is 1. The van der Waals surface area contributed by atoms with Gasteiger partial charge in [0.1, 0.15) is 10.5 Å². The minimum atomic E-state index is -3.53. The number of sulfonamides is 1. The van der Waals surface area contributed by atoms with Crippen LogP contribution in [0.3, 0.4) is 0 Å². The molecular weight excluding hydrogens is 322 g/mol. The highest BCUT2D eigenvalue weighted by Gasteiger charge is 2.25. The molecule has 0 spiro atoms.